The predicted octanol–water partition coefficient (Wildman–Crippen LogP) is 2.22. The summed E-state index contributed by atoms with van der Waals surface area (Å²) < 4.78 is 5.06. The van der Waals surface area contributed by atoms with E-state index in [1.807, 2.05) is 19.1 Å². The number of para-hydroxylation sites is 1. The third-order valence-corrected chi connectivity index (χ3v) is 2.74. The smallest absolute Gasteiger partial charge is 0.272 e. The Kier molecular flexibility index (Phi) is 4.25. The SMILES string of the molecule is Cc1cc(CNCCc2ccccc2[N+](=O)[O-])on1. The number of nitrogens with zero attached hydrogens (tertiary/aromatic N) is 2. The summed E-state index contributed by atoms with van der Waals surface area (Å²) in [6.07, 6.45) is 0.601. The molecule has 6 nitrogen and oxygen atoms in total. The second-order valence-electron chi connectivity index (χ2n) is 4.25. The largest absolute Gasteiger partial charge is 0.360 e. The molecule has 0 unspecified atom stereocenters. The Hall–Kier alpha value is -2.21. The van der Waals surface area contributed by atoms with Gasteiger partial charge in [-0.25, -0.2) is 0 Å². The Morgan fingerprint density at radius 1 is 1.42 bits per heavy atom. The maximum absolute atomic E-state index is 10.8. The maximum Gasteiger partial charge on any atom is 0.272 e. The fourth-order valence-corrected chi connectivity index (χ4v) is 1.83. The molecule has 0 atom stereocenters. The molecule has 0 aliphatic heterocycles. The van der Waals surface area contributed by atoms with Gasteiger partial charge in [-0.15, -0.1) is 0 Å². The Morgan fingerprint density at radius 3 is 2.89 bits per heavy atom. The second kappa shape index (κ2) is 6.10. The molecule has 0 saturated heterocycles. The van der Waals surface area contributed by atoms with Crippen molar-refractivity contribution in [2.75, 3.05) is 6.54 Å². The number of hydrogen-bond acceptors (Lipinski definition) is 5. The molecule has 0 bridgehead atoms. The molecule has 100 valence electrons. The van der Waals surface area contributed by atoms with Gasteiger partial charge in [0.25, 0.3) is 5.69 Å². The van der Waals surface area contributed by atoms with E-state index in [9.17, 15) is 10.1 Å². The van der Waals surface area contributed by atoms with E-state index in [0.717, 1.165) is 17.0 Å². The van der Waals surface area contributed by atoms with Gasteiger partial charge in [-0.1, -0.05) is 23.4 Å². The molecule has 19 heavy (non-hydrogen) atoms. The molecule has 2 rings (SSSR count). The van der Waals surface area contributed by atoms with E-state index in [-0.39, 0.29) is 10.6 Å². The number of nitro groups is 1. The third-order valence-electron chi connectivity index (χ3n) is 2.74. The van der Waals surface area contributed by atoms with Crippen molar-refractivity contribution in [3.05, 3.63) is 57.5 Å². The molecule has 0 fully saturated rings. The van der Waals surface area contributed by atoms with Crippen LogP contribution in [0.25, 0.3) is 0 Å². The van der Waals surface area contributed by atoms with E-state index < -0.39 is 0 Å². The van der Waals surface area contributed by atoms with Crippen molar-refractivity contribution in [2.24, 2.45) is 0 Å². The highest BCUT2D eigenvalue weighted by Crippen LogP contribution is 2.17. The summed E-state index contributed by atoms with van der Waals surface area (Å²) in [5.41, 5.74) is 1.74. The summed E-state index contributed by atoms with van der Waals surface area (Å²) in [5.74, 6) is 0.764. The van der Waals surface area contributed by atoms with Crippen LogP contribution in [0.15, 0.2) is 34.9 Å². The Bertz CT molecular complexity index is 566. The van der Waals surface area contributed by atoms with Crippen LogP contribution < -0.4 is 5.32 Å². The van der Waals surface area contributed by atoms with Crippen molar-refractivity contribution >= 4 is 5.69 Å². The minimum absolute atomic E-state index is 0.166. The van der Waals surface area contributed by atoms with Gasteiger partial charge in [-0.3, -0.25) is 10.1 Å². The Morgan fingerprint density at radius 2 is 2.21 bits per heavy atom. The van der Waals surface area contributed by atoms with Crippen LogP contribution in [0.1, 0.15) is 17.0 Å². The molecular weight excluding hydrogens is 246 g/mol. The highest BCUT2D eigenvalue weighted by molar-refractivity contribution is 5.39. The van der Waals surface area contributed by atoms with E-state index in [2.05, 4.69) is 10.5 Å². The first-order valence-electron chi connectivity index (χ1n) is 6.02. The van der Waals surface area contributed by atoms with E-state index in [1.54, 1.807) is 12.1 Å². The lowest BCUT2D eigenvalue weighted by Crippen LogP contribution is -2.16. The topological polar surface area (TPSA) is 81.2 Å². The number of nitrogens with one attached hydrogen (secondary N) is 1. The second-order valence-corrected chi connectivity index (χ2v) is 4.25. The summed E-state index contributed by atoms with van der Waals surface area (Å²) in [6.45, 7) is 3.08. The van der Waals surface area contributed by atoms with E-state index in [4.69, 9.17) is 4.52 Å². The van der Waals surface area contributed by atoms with Crippen LogP contribution in [0.5, 0.6) is 0 Å². The highest BCUT2D eigenvalue weighted by Gasteiger charge is 2.11. The first-order valence-corrected chi connectivity index (χ1v) is 6.02. The normalized spacial score (nSPS) is 10.6. The molecule has 0 saturated carbocycles. The highest BCUT2D eigenvalue weighted by atomic mass is 16.6. The van der Waals surface area contributed by atoms with Gasteiger partial charge in [0.1, 0.15) is 0 Å². The van der Waals surface area contributed by atoms with E-state index in [1.165, 1.54) is 6.07 Å². The Labute approximate surface area is 110 Å². The van der Waals surface area contributed by atoms with Crippen molar-refractivity contribution in [1.82, 2.24) is 10.5 Å². The van der Waals surface area contributed by atoms with Gasteiger partial charge in [0.15, 0.2) is 5.76 Å². The molecule has 0 aliphatic rings. The van der Waals surface area contributed by atoms with Gasteiger partial charge < -0.3 is 9.84 Å². The minimum Gasteiger partial charge on any atom is -0.360 e. The van der Waals surface area contributed by atoms with Crippen molar-refractivity contribution in [2.45, 2.75) is 19.9 Å². The lowest BCUT2D eigenvalue weighted by molar-refractivity contribution is -0.385. The maximum atomic E-state index is 10.8. The zero-order valence-electron chi connectivity index (χ0n) is 10.6. The molecule has 2 aromatic rings. The fraction of sp³-hybridized carbons (Fsp3) is 0.308. The molecule has 1 aromatic carbocycles. The first kappa shape index (κ1) is 13.2. The molecule has 0 amide bonds. The number of aryl methyl sites for hydroxylation is 1. The molecule has 6 heteroatoms. The van der Waals surface area contributed by atoms with Crippen molar-refractivity contribution < 1.29 is 9.45 Å². The summed E-state index contributed by atoms with van der Waals surface area (Å²) in [4.78, 5) is 10.5. The zero-order chi connectivity index (χ0) is 13.7. The number of aromatic nitrogens is 1. The van der Waals surface area contributed by atoms with Gasteiger partial charge in [0, 0.05) is 17.7 Å². The van der Waals surface area contributed by atoms with Gasteiger partial charge in [-0.05, 0) is 19.9 Å². The van der Waals surface area contributed by atoms with Crippen LogP contribution in [0, 0.1) is 17.0 Å². The van der Waals surface area contributed by atoms with Gasteiger partial charge in [0.05, 0.1) is 17.2 Å². The summed E-state index contributed by atoms with van der Waals surface area (Å²) in [7, 11) is 0. The molecule has 1 N–H and O–H groups in total. The minimum atomic E-state index is -0.352. The first-order chi connectivity index (χ1) is 9.16. The number of benzene rings is 1. The molecular formula is C13H15N3O3. The lowest BCUT2D eigenvalue weighted by Gasteiger charge is -2.03. The average Bonchev–Trinajstić information content (AvgIpc) is 2.81. The van der Waals surface area contributed by atoms with Crippen molar-refractivity contribution in [3.8, 4) is 0 Å². The molecule has 1 heterocycles. The van der Waals surface area contributed by atoms with Crippen LogP contribution in [0.2, 0.25) is 0 Å². The van der Waals surface area contributed by atoms with Crippen molar-refractivity contribution in [1.29, 1.82) is 0 Å². The van der Waals surface area contributed by atoms with Crippen LogP contribution in [0.4, 0.5) is 5.69 Å². The van der Waals surface area contributed by atoms with Crippen LogP contribution in [-0.4, -0.2) is 16.6 Å². The third kappa shape index (κ3) is 3.62. The zero-order valence-corrected chi connectivity index (χ0v) is 10.6. The fourth-order valence-electron chi connectivity index (χ4n) is 1.83. The van der Waals surface area contributed by atoms with Gasteiger partial charge in [-0.2, -0.15) is 0 Å². The van der Waals surface area contributed by atoms with Crippen LogP contribution >= 0.6 is 0 Å². The molecule has 0 spiro atoms. The standard InChI is InChI=1S/C13H15N3O3/c1-10-8-12(19-15-10)9-14-7-6-11-4-2-3-5-13(11)16(17)18/h2-5,8,14H,6-7,9H2,1H3. The number of rotatable bonds is 6. The van der Waals surface area contributed by atoms with Crippen LogP contribution in [0.3, 0.4) is 0 Å². The molecule has 0 radical (unpaired) electrons. The molecule has 1 aromatic heterocycles. The number of nitro benzene ring substituents is 1. The quantitative estimate of drug-likeness (QED) is 0.490. The summed E-state index contributed by atoms with van der Waals surface area (Å²) in [6, 6.07) is 8.64. The lowest BCUT2D eigenvalue weighted by atomic mass is 10.1. The van der Waals surface area contributed by atoms with Gasteiger partial charge >= 0.3 is 0 Å². The predicted molar refractivity (Wildman–Crippen MR) is 69.7 cm³/mol. The Balaban J connectivity index is 1.84. The monoisotopic (exact) mass is 261 g/mol. The molecule has 0 aliphatic carbocycles. The average molecular weight is 261 g/mol. The van der Waals surface area contributed by atoms with E-state index >= 15 is 0 Å². The van der Waals surface area contributed by atoms with Gasteiger partial charge in [0.2, 0.25) is 0 Å². The van der Waals surface area contributed by atoms with Crippen molar-refractivity contribution in [3.63, 3.8) is 0 Å². The van der Waals surface area contributed by atoms with Crippen LogP contribution in [-0.2, 0) is 13.0 Å². The van der Waals surface area contributed by atoms with E-state index in [0.29, 0.717) is 19.5 Å². The summed E-state index contributed by atoms with van der Waals surface area (Å²) >= 11 is 0. The number of hydrogen-bond donors (Lipinski definition) is 1. The summed E-state index contributed by atoms with van der Waals surface area (Å²) in [5, 5.41) is 17.8.